The summed E-state index contributed by atoms with van der Waals surface area (Å²) < 4.78 is 5.62. The Labute approximate surface area is 162 Å². The first-order valence-corrected chi connectivity index (χ1v) is 8.91. The molecule has 0 aliphatic carbocycles. The van der Waals surface area contributed by atoms with E-state index in [1.807, 2.05) is 18.2 Å². The monoisotopic (exact) mass is 383 g/mol. The Morgan fingerprint density at radius 3 is 2.73 bits per heavy atom. The maximum atomic E-state index is 12.2. The number of carbonyl (C=O) groups is 2. The molecule has 0 bridgehead atoms. The second-order valence-electron chi connectivity index (χ2n) is 6.95. The molecule has 1 atom stereocenters. The Morgan fingerprint density at radius 2 is 2.12 bits per heavy atom. The molecule has 1 heterocycles. The van der Waals surface area contributed by atoms with E-state index in [9.17, 15) is 9.59 Å². The van der Waals surface area contributed by atoms with Gasteiger partial charge in [-0.25, -0.2) is 0 Å². The minimum atomic E-state index is -0.0846. The fraction of sp³-hybridized carbons (Fsp3) is 0.579. The Morgan fingerprint density at radius 1 is 1.38 bits per heavy atom. The third kappa shape index (κ3) is 6.18. The number of nitrogens with two attached hydrogens (primary N) is 1. The third-order valence-corrected chi connectivity index (χ3v) is 4.64. The van der Waals surface area contributed by atoms with Gasteiger partial charge in [-0.15, -0.1) is 12.4 Å². The number of anilines is 1. The van der Waals surface area contributed by atoms with Gasteiger partial charge in [-0.3, -0.25) is 9.59 Å². The lowest BCUT2D eigenvalue weighted by Gasteiger charge is -2.22. The summed E-state index contributed by atoms with van der Waals surface area (Å²) >= 11 is 0. The Bertz CT molecular complexity index is 609. The summed E-state index contributed by atoms with van der Waals surface area (Å²) in [7, 11) is 1.76. The van der Waals surface area contributed by atoms with Gasteiger partial charge in [-0.2, -0.15) is 0 Å². The Hall–Kier alpha value is -1.79. The van der Waals surface area contributed by atoms with Crippen LogP contribution in [0.25, 0.3) is 0 Å². The molecule has 0 spiro atoms. The first-order valence-electron chi connectivity index (χ1n) is 8.91. The molecule has 1 saturated heterocycles. The van der Waals surface area contributed by atoms with E-state index in [1.54, 1.807) is 22.9 Å². The maximum Gasteiger partial charge on any atom is 0.260 e. The molecule has 2 amide bonds. The van der Waals surface area contributed by atoms with Crippen LogP contribution in [0.2, 0.25) is 0 Å². The van der Waals surface area contributed by atoms with Crippen molar-refractivity contribution >= 4 is 29.9 Å². The maximum absolute atomic E-state index is 12.2. The molecule has 0 radical (unpaired) electrons. The van der Waals surface area contributed by atoms with Crippen LogP contribution in [0.3, 0.4) is 0 Å². The van der Waals surface area contributed by atoms with Crippen molar-refractivity contribution in [2.75, 3.05) is 31.6 Å². The molecule has 1 aliphatic heterocycles. The highest BCUT2D eigenvalue weighted by Crippen LogP contribution is 2.25. The van der Waals surface area contributed by atoms with Crippen LogP contribution in [0, 0.1) is 5.92 Å². The first kappa shape index (κ1) is 22.3. The van der Waals surface area contributed by atoms with Crippen LogP contribution in [0.1, 0.15) is 33.1 Å². The number of nitrogens with zero attached hydrogens (tertiary/aromatic N) is 2. The van der Waals surface area contributed by atoms with E-state index in [4.69, 9.17) is 10.5 Å². The lowest BCUT2D eigenvalue weighted by atomic mass is 10.0. The van der Waals surface area contributed by atoms with Crippen molar-refractivity contribution in [1.82, 2.24) is 4.90 Å². The van der Waals surface area contributed by atoms with Crippen molar-refractivity contribution in [1.29, 1.82) is 0 Å². The van der Waals surface area contributed by atoms with Gasteiger partial charge in [0, 0.05) is 44.4 Å². The number of amides is 2. The SMILES string of the molecule is CC(C)C(N)CCN(C)C(=O)COc1cccc(N2CCCC2=O)c1.Cl. The largest absolute Gasteiger partial charge is 0.484 e. The lowest BCUT2D eigenvalue weighted by Crippen LogP contribution is -2.36. The molecule has 1 aromatic carbocycles. The van der Waals surface area contributed by atoms with Crippen molar-refractivity contribution < 1.29 is 14.3 Å². The van der Waals surface area contributed by atoms with Gasteiger partial charge in [-0.1, -0.05) is 19.9 Å². The van der Waals surface area contributed by atoms with Gasteiger partial charge in [0.15, 0.2) is 6.61 Å². The molecular weight excluding hydrogens is 354 g/mol. The van der Waals surface area contributed by atoms with E-state index >= 15 is 0 Å². The van der Waals surface area contributed by atoms with Crippen LogP contribution in [0.15, 0.2) is 24.3 Å². The number of benzene rings is 1. The summed E-state index contributed by atoms with van der Waals surface area (Å²) in [6.45, 7) is 5.48. The molecule has 0 aromatic heterocycles. The van der Waals surface area contributed by atoms with Gasteiger partial charge < -0.3 is 20.3 Å². The zero-order valence-corrected chi connectivity index (χ0v) is 16.6. The number of carbonyl (C=O) groups excluding carboxylic acids is 2. The minimum absolute atomic E-state index is 0. The van der Waals surface area contributed by atoms with Crippen molar-refractivity contribution in [2.45, 2.75) is 39.2 Å². The predicted octanol–water partition coefficient (Wildman–Crippen LogP) is 2.45. The van der Waals surface area contributed by atoms with E-state index in [0.717, 1.165) is 25.1 Å². The van der Waals surface area contributed by atoms with Gasteiger partial charge in [0.05, 0.1) is 0 Å². The lowest BCUT2D eigenvalue weighted by molar-refractivity contribution is -0.132. The van der Waals surface area contributed by atoms with Gasteiger partial charge >= 0.3 is 0 Å². The molecule has 7 heteroatoms. The normalized spacial score (nSPS) is 15.0. The molecule has 2 rings (SSSR count). The standard InChI is InChI=1S/C19H29N3O3.ClH/c1-14(2)17(20)9-11-21(3)19(24)13-25-16-7-4-6-15(12-16)22-10-5-8-18(22)23;/h4,6-7,12,14,17H,5,8-11,13,20H2,1-3H3;1H. The fourth-order valence-corrected chi connectivity index (χ4v) is 2.72. The second kappa shape index (κ2) is 10.4. The average molecular weight is 384 g/mol. The topological polar surface area (TPSA) is 75.9 Å². The van der Waals surface area contributed by atoms with E-state index in [0.29, 0.717) is 24.6 Å². The quantitative estimate of drug-likeness (QED) is 0.748. The highest BCUT2D eigenvalue weighted by atomic mass is 35.5. The second-order valence-corrected chi connectivity index (χ2v) is 6.95. The van der Waals surface area contributed by atoms with Crippen molar-refractivity contribution in [3.8, 4) is 5.75 Å². The smallest absolute Gasteiger partial charge is 0.260 e. The van der Waals surface area contributed by atoms with Crippen molar-refractivity contribution in [2.24, 2.45) is 11.7 Å². The van der Waals surface area contributed by atoms with Gasteiger partial charge in [-0.05, 0) is 30.9 Å². The summed E-state index contributed by atoms with van der Waals surface area (Å²) in [4.78, 5) is 27.4. The number of halogens is 1. The molecule has 1 aliphatic rings. The van der Waals surface area contributed by atoms with Crippen LogP contribution < -0.4 is 15.4 Å². The number of likely N-dealkylation sites (N-methyl/N-ethyl adjacent to an activating group) is 1. The number of ether oxygens (including phenoxy) is 1. The zero-order valence-electron chi connectivity index (χ0n) is 15.8. The van der Waals surface area contributed by atoms with Crippen molar-refractivity contribution in [3.63, 3.8) is 0 Å². The molecule has 26 heavy (non-hydrogen) atoms. The highest BCUT2D eigenvalue weighted by molar-refractivity contribution is 5.95. The van der Waals surface area contributed by atoms with E-state index in [1.165, 1.54) is 0 Å². The molecule has 1 unspecified atom stereocenters. The van der Waals surface area contributed by atoms with E-state index in [2.05, 4.69) is 13.8 Å². The van der Waals surface area contributed by atoms with Crippen LogP contribution in [0.4, 0.5) is 5.69 Å². The van der Waals surface area contributed by atoms with Crippen LogP contribution >= 0.6 is 12.4 Å². The zero-order chi connectivity index (χ0) is 18.4. The number of hydrogen-bond acceptors (Lipinski definition) is 4. The summed E-state index contributed by atoms with van der Waals surface area (Å²) in [6.07, 6.45) is 2.24. The van der Waals surface area contributed by atoms with Crippen LogP contribution in [0.5, 0.6) is 5.75 Å². The molecule has 1 aromatic rings. The molecular formula is C19H30ClN3O3. The third-order valence-electron chi connectivity index (χ3n) is 4.64. The van der Waals surface area contributed by atoms with Gasteiger partial charge in [0.25, 0.3) is 5.91 Å². The van der Waals surface area contributed by atoms with Crippen LogP contribution in [-0.2, 0) is 9.59 Å². The van der Waals surface area contributed by atoms with Crippen molar-refractivity contribution in [3.05, 3.63) is 24.3 Å². The predicted molar refractivity (Wildman–Crippen MR) is 106 cm³/mol. The van der Waals surface area contributed by atoms with Gasteiger partial charge in [0.2, 0.25) is 5.91 Å². The number of hydrogen-bond donors (Lipinski definition) is 1. The molecule has 146 valence electrons. The molecule has 0 saturated carbocycles. The molecule has 6 nitrogen and oxygen atoms in total. The molecule has 1 fully saturated rings. The average Bonchev–Trinajstić information content (AvgIpc) is 3.03. The summed E-state index contributed by atoms with van der Waals surface area (Å²) in [5.41, 5.74) is 6.84. The van der Waals surface area contributed by atoms with Gasteiger partial charge in [0.1, 0.15) is 5.75 Å². The number of rotatable bonds is 8. The van der Waals surface area contributed by atoms with Crippen LogP contribution in [-0.4, -0.2) is 49.5 Å². The van der Waals surface area contributed by atoms with E-state index in [-0.39, 0.29) is 36.9 Å². The first-order chi connectivity index (χ1) is 11.9. The minimum Gasteiger partial charge on any atom is -0.484 e. The highest BCUT2D eigenvalue weighted by Gasteiger charge is 2.22. The molecule has 2 N–H and O–H groups in total. The Kier molecular flexibility index (Phi) is 8.88. The van der Waals surface area contributed by atoms with E-state index < -0.39 is 0 Å². The summed E-state index contributed by atoms with van der Waals surface area (Å²) in [6, 6.07) is 7.42. The fourth-order valence-electron chi connectivity index (χ4n) is 2.72. The summed E-state index contributed by atoms with van der Waals surface area (Å²) in [5.74, 6) is 1.04. The Balaban J connectivity index is 0.00000338. The summed E-state index contributed by atoms with van der Waals surface area (Å²) in [5, 5.41) is 0.